The first kappa shape index (κ1) is 20.3. The molecule has 0 aliphatic carbocycles. The minimum atomic E-state index is -0.174. The summed E-state index contributed by atoms with van der Waals surface area (Å²) in [7, 11) is 0. The molecule has 4 aromatic carbocycles. The van der Waals surface area contributed by atoms with Crippen molar-refractivity contribution in [3.8, 4) is 10.6 Å². The predicted molar refractivity (Wildman–Crippen MR) is 139 cm³/mol. The Hall–Kier alpha value is -4.29. The lowest BCUT2D eigenvalue weighted by atomic mass is 10.1. The molecule has 0 saturated heterocycles. The summed E-state index contributed by atoms with van der Waals surface area (Å²) in [6.45, 7) is 0.0789. The fourth-order valence-electron chi connectivity index (χ4n) is 4.35. The number of fused-ring (bicyclic) bond motifs is 3. The zero-order valence-corrected chi connectivity index (χ0v) is 18.9. The van der Waals surface area contributed by atoms with E-state index in [1.807, 2.05) is 89.5 Å². The Bertz CT molecular complexity index is 1670. The Labute approximate surface area is 198 Å². The summed E-state index contributed by atoms with van der Waals surface area (Å²) >= 11 is 1.60. The van der Waals surface area contributed by atoms with Gasteiger partial charge >= 0.3 is 0 Å². The molecule has 164 valence electrons. The van der Waals surface area contributed by atoms with E-state index in [1.54, 1.807) is 23.5 Å². The molecule has 0 atom stereocenters. The number of amides is 1. The lowest BCUT2D eigenvalue weighted by Gasteiger charge is -2.16. The van der Waals surface area contributed by atoms with Crippen LogP contribution in [0.1, 0.15) is 0 Å². The number of carbonyl (C=O) groups excluding carboxylic acids is 1. The van der Waals surface area contributed by atoms with Crippen LogP contribution in [-0.4, -0.2) is 15.5 Å². The fourth-order valence-corrected chi connectivity index (χ4v) is 5.35. The zero-order chi connectivity index (χ0) is 23.1. The van der Waals surface area contributed by atoms with Gasteiger partial charge < -0.3 is 9.88 Å². The molecule has 5 nitrogen and oxygen atoms in total. The van der Waals surface area contributed by atoms with Gasteiger partial charge in [0, 0.05) is 16.3 Å². The van der Waals surface area contributed by atoms with E-state index in [2.05, 4.69) is 5.32 Å². The van der Waals surface area contributed by atoms with E-state index in [9.17, 15) is 9.59 Å². The minimum Gasteiger partial charge on any atom is -0.331 e. The summed E-state index contributed by atoms with van der Waals surface area (Å²) in [4.78, 5) is 31.0. The SMILES string of the molecule is O=C(Cn1c2ccccc2c(=O)c2ccccc21)Nc1ccccc1-c1nc2ccccc2s1. The van der Waals surface area contributed by atoms with Gasteiger partial charge in [0.25, 0.3) is 0 Å². The van der Waals surface area contributed by atoms with Crippen molar-refractivity contribution in [1.82, 2.24) is 9.55 Å². The monoisotopic (exact) mass is 461 g/mol. The maximum Gasteiger partial charge on any atom is 0.244 e. The van der Waals surface area contributed by atoms with E-state index in [-0.39, 0.29) is 17.9 Å². The molecule has 1 amide bonds. The number of anilines is 1. The fraction of sp³-hybridized carbons (Fsp3) is 0.0357. The molecular formula is C28H19N3O2S. The quantitative estimate of drug-likeness (QED) is 0.324. The first-order valence-corrected chi connectivity index (χ1v) is 11.8. The number of aromatic nitrogens is 2. The van der Waals surface area contributed by atoms with Crippen LogP contribution in [-0.2, 0) is 11.3 Å². The van der Waals surface area contributed by atoms with Crippen LogP contribution in [0.4, 0.5) is 5.69 Å². The Kier molecular flexibility index (Phi) is 4.93. The van der Waals surface area contributed by atoms with E-state index in [0.717, 1.165) is 31.8 Å². The highest BCUT2D eigenvalue weighted by Gasteiger charge is 2.15. The average molecular weight is 462 g/mol. The van der Waals surface area contributed by atoms with Gasteiger partial charge in [-0.05, 0) is 48.5 Å². The Morgan fingerprint density at radius 2 is 1.41 bits per heavy atom. The second-order valence-corrected chi connectivity index (χ2v) is 9.06. The number of pyridine rings is 1. The number of hydrogen-bond acceptors (Lipinski definition) is 4. The minimum absolute atomic E-state index is 0.0240. The molecule has 0 saturated carbocycles. The van der Waals surface area contributed by atoms with Gasteiger partial charge in [0.05, 0.1) is 26.9 Å². The summed E-state index contributed by atoms with van der Waals surface area (Å²) in [5.74, 6) is -0.174. The summed E-state index contributed by atoms with van der Waals surface area (Å²) < 4.78 is 3.01. The van der Waals surface area contributed by atoms with Crippen LogP contribution in [0.3, 0.4) is 0 Å². The van der Waals surface area contributed by atoms with Crippen molar-refractivity contribution in [2.24, 2.45) is 0 Å². The molecule has 6 aromatic rings. The molecule has 0 aliphatic rings. The summed E-state index contributed by atoms with van der Waals surface area (Å²) in [5, 5.41) is 5.13. The Morgan fingerprint density at radius 1 is 0.794 bits per heavy atom. The highest BCUT2D eigenvalue weighted by atomic mass is 32.1. The van der Waals surface area contributed by atoms with Crippen LogP contribution in [0.5, 0.6) is 0 Å². The molecule has 0 radical (unpaired) electrons. The van der Waals surface area contributed by atoms with Crippen molar-refractivity contribution < 1.29 is 4.79 Å². The molecular weight excluding hydrogens is 442 g/mol. The van der Waals surface area contributed by atoms with Crippen molar-refractivity contribution in [2.75, 3.05) is 5.32 Å². The summed E-state index contributed by atoms with van der Waals surface area (Å²) in [6.07, 6.45) is 0. The Morgan fingerprint density at radius 3 is 2.15 bits per heavy atom. The standard InChI is InChI=1S/C28H19N3O2S/c32-26(17-31-23-14-6-2-10-19(23)27(33)20-11-3-7-15-24(20)31)29-21-12-4-1-9-18(21)28-30-22-13-5-8-16-25(22)34-28/h1-16H,17H2,(H,29,32). The number of nitrogens with one attached hydrogen (secondary N) is 1. The highest BCUT2D eigenvalue weighted by Crippen LogP contribution is 2.34. The summed E-state index contributed by atoms with van der Waals surface area (Å²) in [6, 6.07) is 30.5. The number of nitrogens with zero attached hydrogens (tertiary/aromatic N) is 2. The third kappa shape index (κ3) is 3.45. The molecule has 0 unspecified atom stereocenters. The lowest BCUT2D eigenvalue weighted by molar-refractivity contribution is -0.116. The van der Waals surface area contributed by atoms with E-state index in [0.29, 0.717) is 16.5 Å². The first-order chi connectivity index (χ1) is 16.7. The molecule has 0 bridgehead atoms. The smallest absolute Gasteiger partial charge is 0.244 e. The predicted octanol–water partition coefficient (Wildman–Crippen LogP) is 6.07. The van der Waals surface area contributed by atoms with Gasteiger partial charge in [-0.2, -0.15) is 0 Å². The van der Waals surface area contributed by atoms with Crippen LogP contribution in [0, 0.1) is 0 Å². The maximum atomic E-state index is 13.3. The van der Waals surface area contributed by atoms with Crippen molar-refractivity contribution in [3.63, 3.8) is 0 Å². The van der Waals surface area contributed by atoms with Crippen molar-refractivity contribution >= 4 is 55.0 Å². The zero-order valence-electron chi connectivity index (χ0n) is 18.1. The Balaban J connectivity index is 1.39. The van der Waals surface area contributed by atoms with Crippen LogP contribution < -0.4 is 10.7 Å². The van der Waals surface area contributed by atoms with E-state index in [1.165, 1.54) is 0 Å². The highest BCUT2D eigenvalue weighted by molar-refractivity contribution is 7.21. The van der Waals surface area contributed by atoms with Gasteiger partial charge in [0.1, 0.15) is 11.6 Å². The topological polar surface area (TPSA) is 64.0 Å². The average Bonchev–Trinajstić information content (AvgIpc) is 3.31. The number of thiazole rings is 1. The van der Waals surface area contributed by atoms with Gasteiger partial charge in [-0.25, -0.2) is 4.98 Å². The third-order valence-corrected chi connectivity index (χ3v) is 6.98. The molecule has 2 aromatic heterocycles. The normalized spacial score (nSPS) is 11.3. The molecule has 34 heavy (non-hydrogen) atoms. The van der Waals surface area contributed by atoms with Crippen LogP contribution in [0.25, 0.3) is 42.6 Å². The number of benzene rings is 4. The van der Waals surface area contributed by atoms with Crippen molar-refractivity contribution in [2.45, 2.75) is 6.54 Å². The van der Waals surface area contributed by atoms with Gasteiger partial charge in [-0.1, -0.05) is 48.5 Å². The van der Waals surface area contributed by atoms with Crippen LogP contribution >= 0.6 is 11.3 Å². The van der Waals surface area contributed by atoms with Gasteiger partial charge in [-0.15, -0.1) is 11.3 Å². The molecule has 2 heterocycles. The number of para-hydroxylation sites is 4. The number of hydrogen-bond donors (Lipinski definition) is 1. The van der Waals surface area contributed by atoms with Crippen LogP contribution in [0.2, 0.25) is 0 Å². The largest absolute Gasteiger partial charge is 0.331 e. The molecule has 6 rings (SSSR count). The second kappa shape index (κ2) is 8.24. The molecule has 1 N–H and O–H groups in total. The van der Waals surface area contributed by atoms with Crippen molar-refractivity contribution in [3.05, 3.63) is 107 Å². The van der Waals surface area contributed by atoms with E-state index < -0.39 is 0 Å². The van der Waals surface area contributed by atoms with Gasteiger partial charge in [0.15, 0.2) is 5.43 Å². The second-order valence-electron chi connectivity index (χ2n) is 8.03. The molecule has 0 aliphatic heterocycles. The molecule has 0 spiro atoms. The van der Waals surface area contributed by atoms with E-state index >= 15 is 0 Å². The third-order valence-electron chi connectivity index (χ3n) is 5.91. The van der Waals surface area contributed by atoms with Crippen molar-refractivity contribution in [1.29, 1.82) is 0 Å². The lowest BCUT2D eigenvalue weighted by Crippen LogP contribution is -2.21. The van der Waals surface area contributed by atoms with Crippen LogP contribution in [0.15, 0.2) is 102 Å². The molecule has 6 heteroatoms. The first-order valence-electron chi connectivity index (χ1n) is 10.9. The van der Waals surface area contributed by atoms with E-state index in [4.69, 9.17) is 4.98 Å². The van der Waals surface area contributed by atoms with Gasteiger partial charge in [-0.3, -0.25) is 9.59 Å². The molecule has 0 fully saturated rings. The summed E-state index contributed by atoms with van der Waals surface area (Å²) in [5.41, 5.74) is 3.98. The van der Waals surface area contributed by atoms with Gasteiger partial charge in [0.2, 0.25) is 5.91 Å². The number of carbonyl (C=O) groups is 1. The number of rotatable bonds is 4. The maximum absolute atomic E-state index is 13.3.